The first-order valence-corrected chi connectivity index (χ1v) is 12.4. The highest BCUT2D eigenvalue weighted by molar-refractivity contribution is 8.16. The molecule has 0 bridgehead atoms. The maximum atomic E-state index is 13.4. The Labute approximate surface area is 205 Å². The molecular formula is C27H29N3O3S. The molecule has 0 radical (unpaired) electrons. The topological polar surface area (TPSA) is 62.2 Å². The normalized spacial score (nSPS) is 17.1. The first-order chi connectivity index (χ1) is 16.5. The van der Waals surface area contributed by atoms with Gasteiger partial charge in [0.05, 0.1) is 23.7 Å². The van der Waals surface area contributed by atoms with Crippen molar-refractivity contribution in [1.82, 2.24) is 9.80 Å². The summed E-state index contributed by atoms with van der Waals surface area (Å²) < 4.78 is 5.73. The fourth-order valence-electron chi connectivity index (χ4n) is 4.23. The third-order valence-electron chi connectivity index (χ3n) is 6.00. The number of esters is 1. The number of carbonyl (C=O) groups excluding carboxylic acids is 2. The minimum Gasteiger partial charge on any atom is -0.457 e. The van der Waals surface area contributed by atoms with Crippen LogP contribution in [0.5, 0.6) is 0 Å². The molecule has 0 saturated carbocycles. The molecule has 0 spiro atoms. The van der Waals surface area contributed by atoms with Gasteiger partial charge in [0.2, 0.25) is 5.91 Å². The second kappa shape index (κ2) is 10.7. The van der Waals surface area contributed by atoms with Crippen molar-refractivity contribution < 1.29 is 14.3 Å². The number of amidine groups is 1. The van der Waals surface area contributed by atoms with E-state index in [2.05, 4.69) is 0 Å². The molecule has 0 fully saturated rings. The standard InChI is InChI=1S/C27H29N3O3S/c1-4-29(5-2)23(31)16-22-18-34-27-28-19(3)24(25(30(22)27)21-14-10-7-11-15-21)26(32)33-17-20-12-8-6-9-13-20/h6-15,18,25H,4-5,16-17H2,1-3H3. The highest BCUT2D eigenvalue weighted by Crippen LogP contribution is 2.44. The molecule has 2 aromatic rings. The largest absolute Gasteiger partial charge is 0.457 e. The molecule has 4 rings (SSSR count). The average Bonchev–Trinajstić information content (AvgIpc) is 3.25. The van der Waals surface area contributed by atoms with E-state index in [1.807, 2.05) is 96.6 Å². The summed E-state index contributed by atoms with van der Waals surface area (Å²) in [6.45, 7) is 7.31. The van der Waals surface area contributed by atoms with E-state index in [4.69, 9.17) is 9.73 Å². The third kappa shape index (κ3) is 4.94. The van der Waals surface area contributed by atoms with Crippen LogP contribution in [0.4, 0.5) is 0 Å². The molecule has 34 heavy (non-hydrogen) atoms. The second-order valence-corrected chi connectivity index (χ2v) is 8.94. The van der Waals surface area contributed by atoms with Crippen LogP contribution in [-0.4, -0.2) is 39.9 Å². The first kappa shape index (κ1) is 23.8. The van der Waals surface area contributed by atoms with Crippen LogP contribution in [0.1, 0.15) is 44.4 Å². The molecule has 6 nitrogen and oxygen atoms in total. The van der Waals surface area contributed by atoms with E-state index in [-0.39, 0.29) is 18.9 Å². The molecular weight excluding hydrogens is 446 g/mol. The summed E-state index contributed by atoms with van der Waals surface area (Å²) in [7, 11) is 0. The molecule has 0 aliphatic carbocycles. The van der Waals surface area contributed by atoms with Gasteiger partial charge in [-0.3, -0.25) is 4.79 Å². The molecule has 1 atom stereocenters. The fourth-order valence-corrected chi connectivity index (χ4v) is 5.19. The van der Waals surface area contributed by atoms with Gasteiger partial charge in [-0.25, -0.2) is 9.79 Å². The van der Waals surface area contributed by atoms with Crippen LogP contribution in [0.15, 0.2) is 88.0 Å². The van der Waals surface area contributed by atoms with Gasteiger partial charge in [0.1, 0.15) is 6.61 Å². The molecule has 1 amide bonds. The molecule has 176 valence electrons. The van der Waals surface area contributed by atoms with E-state index in [0.29, 0.717) is 24.4 Å². The number of allylic oxidation sites excluding steroid dienone is 1. The van der Waals surface area contributed by atoms with Gasteiger partial charge >= 0.3 is 5.97 Å². The Hall–Kier alpha value is -3.32. The molecule has 0 aromatic heterocycles. The molecule has 2 aliphatic heterocycles. The summed E-state index contributed by atoms with van der Waals surface area (Å²) in [6.07, 6.45) is 0.252. The zero-order valence-electron chi connectivity index (χ0n) is 19.7. The Morgan fingerprint density at radius 3 is 2.32 bits per heavy atom. The van der Waals surface area contributed by atoms with Gasteiger partial charge in [-0.1, -0.05) is 72.4 Å². The minimum absolute atomic E-state index is 0.0596. The van der Waals surface area contributed by atoms with Crippen LogP contribution in [0.3, 0.4) is 0 Å². The summed E-state index contributed by atoms with van der Waals surface area (Å²) in [5.41, 5.74) is 3.84. The van der Waals surface area contributed by atoms with Crippen molar-refractivity contribution in [2.24, 2.45) is 4.99 Å². The molecule has 7 heteroatoms. The van der Waals surface area contributed by atoms with Crippen molar-refractivity contribution in [3.05, 3.63) is 94.2 Å². The molecule has 2 aromatic carbocycles. The van der Waals surface area contributed by atoms with E-state index in [1.54, 1.807) is 0 Å². The SMILES string of the molecule is CCN(CC)C(=O)CC1=CSC2=NC(C)=C(C(=O)OCc3ccccc3)C(c3ccccc3)N12. The summed E-state index contributed by atoms with van der Waals surface area (Å²) >= 11 is 1.49. The van der Waals surface area contributed by atoms with E-state index in [0.717, 1.165) is 22.0 Å². The fraction of sp³-hybridized carbons (Fsp3) is 0.296. The number of nitrogens with zero attached hydrogens (tertiary/aromatic N) is 3. The van der Waals surface area contributed by atoms with E-state index < -0.39 is 12.0 Å². The summed E-state index contributed by atoms with van der Waals surface area (Å²) in [5, 5.41) is 2.75. The van der Waals surface area contributed by atoms with Crippen LogP contribution in [-0.2, 0) is 20.9 Å². The van der Waals surface area contributed by atoms with Crippen LogP contribution in [0, 0.1) is 0 Å². The van der Waals surface area contributed by atoms with Crippen molar-refractivity contribution in [2.45, 2.75) is 39.8 Å². The first-order valence-electron chi connectivity index (χ1n) is 11.5. The monoisotopic (exact) mass is 475 g/mol. The van der Waals surface area contributed by atoms with Gasteiger partial charge in [-0.05, 0) is 37.3 Å². The van der Waals surface area contributed by atoms with Crippen molar-refractivity contribution in [3.63, 3.8) is 0 Å². The number of fused-ring (bicyclic) bond motifs is 1. The van der Waals surface area contributed by atoms with Crippen molar-refractivity contribution >= 4 is 28.8 Å². The van der Waals surface area contributed by atoms with Gasteiger partial charge in [0, 0.05) is 18.8 Å². The smallest absolute Gasteiger partial charge is 0.338 e. The van der Waals surface area contributed by atoms with Crippen LogP contribution < -0.4 is 0 Å². The summed E-state index contributed by atoms with van der Waals surface area (Å²) in [4.78, 5) is 34.9. The average molecular weight is 476 g/mol. The summed E-state index contributed by atoms with van der Waals surface area (Å²) in [5.74, 6) is -0.339. The van der Waals surface area contributed by atoms with E-state index in [1.165, 1.54) is 11.8 Å². The lowest BCUT2D eigenvalue weighted by Gasteiger charge is -2.36. The number of hydrogen-bond donors (Lipinski definition) is 0. The van der Waals surface area contributed by atoms with Gasteiger partial charge in [0.25, 0.3) is 0 Å². The van der Waals surface area contributed by atoms with Crippen LogP contribution in [0.2, 0.25) is 0 Å². The number of benzene rings is 2. The predicted octanol–water partition coefficient (Wildman–Crippen LogP) is 5.26. The number of rotatable bonds is 8. The van der Waals surface area contributed by atoms with E-state index in [9.17, 15) is 9.59 Å². The number of carbonyl (C=O) groups is 2. The second-order valence-electron chi connectivity index (χ2n) is 8.11. The van der Waals surface area contributed by atoms with Crippen LogP contribution in [0.25, 0.3) is 0 Å². The number of ether oxygens (including phenoxy) is 1. The summed E-state index contributed by atoms with van der Waals surface area (Å²) in [6, 6.07) is 19.1. The van der Waals surface area contributed by atoms with Crippen molar-refractivity contribution in [1.29, 1.82) is 0 Å². The lowest BCUT2D eigenvalue weighted by atomic mass is 9.94. The zero-order valence-corrected chi connectivity index (χ0v) is 20.5. The Kier molecular flexibility index (Phi) is 7.53. The lowest BCUT2D eigenvalue weighted by Crippen LogP contribution is -2.38. The molecule has 0 N–H and O–H groups in total. The Balaban J connectivity index is 1.66. The number of aliphatic imine (C=N–C) groups is 1. The third-order valence-corrected chi connectivity index (χ3v) is 6.89. The highest BCUT2D eigenvalue weighted by atomic mass is 32.2. The maximum Gasteiger partial charge on any atom is 0.338 e. The maximum absolute atomic E-state index is 13.4. The highest BCUT2D eigenvalue weighted by Gasteiger charge is 2.41. The Morgan fingerprint density at radius 1 is 1.03 bits per heavy atom. The molecule has 2 aliphatic rings. The van der Waals surface area contributed by atoms with Crippen molar-refractivity contribution in [2.75, 3.05) is 13.1 Å². The van der Waals surface area contributed by atoms with Gasteiger partial charge in [0.15, 0.2) is 5.17 Å². The number of amides is 1. The van der Waals surface area contributed by atoms with E-state index >= 15 is 0 Å². The predicted molar refractivity (Wildman–Crippen MR) is 136 cm³/mol. The minimum atomic E-state index is -0.414. The zero-order chi connectivity index (χ0) is 24.1. The molecule has 2 heterocycles. The van der Waals surface area contributed by atoms with Gasteiger partial charge < -0.3 is 14.5 Å². The Bertz CT molecular complexity index is 1140. The quantitative estimate of drug-likeness (QED) is 0.487. The van der Waals surface area contributed by atoms with Gasteiger partial charge in [-0.2, -0.15) is 0 Å². The van der Waals surface area contributed by atoms with Crippen LogP contribution >= 0.6 is 11.8 Å². The van der Waals surface area contributed by atoms with Gasteiger partial charge in [-0.15, -0.1) is 0 Å². The molecule has 1 unspecified atom stereocenters. The van der Waals surface area contributed by atoms with Crippen molar-refractivity contribution in [3.8, 4) is 0 Å². The number of hydrogen-bond acceptors (Lipinski definition) is 6. The molecule has 0 saturated heterocycles. The number of thioether (sulfide) groups is 1. The Morgan fingerprint density at radius 2 is 1.68 bits per heavy atom. The lowest BCUT2D eigenvalue weighted by molar-refractivity contribution is -0.141.